The van der Waals surface area contributed by atoms with Crippen molar-refractivity contribution in [3.63, 3.8) is 0 Å². The zero-order valence-corrected chi connectivity index (χ0v) is 9.95. The second-order valence-corrected chi connectivity index (χ2v) is 4.88. The van der Waals surface area contributed by atoms with Crippen molar-refractivity contribution in [3.8, 4) is 0 Å². The van der Waals surface area contributed by atoms with Gasteiger partial charge < -0.3 is 4.90 Å². The molecule has 2 rings (SSSR count). The van der Waals surface area contributed by atoms with Crippen molar-refractivity contribution >= 4 is 33.4 Å². The zero-order chi connectivity index (χ0) is 9.42. The molecule has 1 aromatic carbocycles. The fraction of sp³-hybridized carbons (Fsp3) is 0.200. The molecule has 13 heavy (non-hydrogen) atoms. The van der Waals surface area contributed by atoms with Crippen LogP contribution in [0.3, 0.4) is 0 Å². The van der Waals surface area contributed by atoms with E-state index in [1.807, 2.05) is 11.8 Å². The van der Waals surface area contributed by atoms with E-state index in [1.165, 1.54) is 15.6 Å². The summed E-state index contributed by atoms with van der Waals surface area (Å²) in [4.78, 5) is 3.55. The molecule has 0 spiro atoms. The predicted molar refractivity (Wildman–Crippen MR) is 62.2 cm³/mol. The van der Waals surface area contributed by atoms with Gasteiger partial charge in [-0.3, -0.25) is 0 Å². The van der Waals surface area contributed by atoms with Crippen LogP contribution in [0.4, 0.5) is 5.69 Å². The van der Waals surface area contributed by atoms with E-state index < -0.39 is 0 Å². The van der Waals surface area contributed by atoms with Crippen LogP contribution >= 0.6 is 27.7 Å². The maximum absolute atomic E-state index is 3.48. The van der Waals surface area contributed by atoms with Crippen LogP contribution in [0, 0.1) is 0 Å². The van der Waals surface area contributed by atoms with Crippen LogP contribution in [0.5, 0.6) is 0 Å². The third-order valence-electron chi connectivity index (χ3n) is 2.07. The molecule has 3 heteroatoms. The molecule has 1 aliphatic rings. The lowest BCUT2D eigenvalue weighted by Gasteiger charge is -2.12. The van der Waals surface area contributed by atoms with Crippen molar-refractivity contribution in [3.05, 3.63) is 33.8 Å². The molecule has 0 saturated carbocycles. The third kappa shape index (κ3) is 1.51. The monoisotopic (exact) mass is 255 g/mol. The molecule has 0 atom stereocenters. The van der Waals surface area contributed by atoms with Gasteiger partial charge in [-0.05, 0) is 25.1 Å². The second-order valence-electron chi connectivity index (χ2n) is 2.90. The van der Waals surface area contributed by atoms with Crippen molar-refractivity contribution in [2.75, 3.05) is 11.9 Å². The highest BCUT2D eigenvalue weighted by atomic mass is 79.9. The summed E-state index contributed by atoms with van der Waals surface area (Å²) < 4.78 is 1.14. The number of nitrogens with zero attached hydrogens (tertiary/aromatic N) is 1. The Hall–Kier alpha value is -0.410. The summed E-state index contributed by atoms with van der Waals surface area (Å²) in [6.07, 6.45) is 2.14. The van der Waals surface area contributed by atoms with Gasteiger partial charge in [-0.2, -0.15) is 0 Å². The number of hydrogen-bond donors (Lipinski definition) is 0. The fourth-order valence-corrected chi connectivity index (χ4v) is 2.76. The Balaban J connectivity index is 2.50. The normalized spacial score (nSPS) is 18.1. The van der Waals surface area contributed by atoms with E-state index in [9.17, 15) is 0 Å². The van der Waals surface area contributed by atoms with Crippen molar-refractivity contribution in [2.24, 2.45) is 0 Å². The molecular formula is C10H10BrNS. The minimum absolute atomic E-state index is 1.14. The van der Waals surface area contributed by atoms with Crippen molar-refractivity contribution in [2.45, 2.75) is 11.8 Å². The van der Waals surface area contributed by atoms with Gasteiger partial charge in [-0.25, -0.2) is 0 Å². The molecule has 1 aromatic rings. The van der Waals surface area contributed by atoms with Gasteiger partial charge in [0.25, 0.3) is 0 Å². The first-order valence-electron chi connectivity index (χ1n) is 4.10. The molecule has 0 bridgehead atoms. The number of rotatable bonds is 0. The number of thioether (sulfide) groups is 1. The SMILES string of the molecule is CC=C1Sc2ccc(Br)cc2N1C. The van der Waals surface area contributed by atoms with E-state index in [0.29, 0.717) is 0 Å². The Morgan fingerprint density at radius 1 is 1.46 bits per heavy atom. The molecule has 0 N–H and O–H groups in total. The smallest absolute Gasteiger partial charge is 0.0755 e. The Labute approximate surface area is 90.9 Å². The maximum atomic E-state index is 3.48. The molecular weight excluding hydrogens is 246 g/mol. The lowest BCUT2D eigenvalue weighted by Crippen LogP contribution is -2.08. The van der Waals surface area contributed by atoms with Crippen molar-refractivity contribution in [1.82, 2.24) is 0 Å². The first-order chi connectivity index (χ1) is 6.22. The molecule has 1 nitrogen and oxygen atoms in total. The van der Waals surface area contributed by atoms with E-state index >= 15 is 0 Å². The lowest BCUT2D eigenvalue weighted by molar-refractivity contribution is 1.17. The topological polar surface area (TPSA) is 3.24 Å². The van der Waals surface area contributed by atoms with Gasteiger partial charge in [0.15, 0.2) is 0 Å². The summed E-state index contributed by atoms with van der Waals surface area (Å²) in [6, 6.07) is 6.38. The standard InChI is InChI=1S/C10H10BrNS/c1-3-10-12(2)8-6-7(11)4-5-9(8)13-10/h3-6H,1-2H3. The summed E-state index contributed by atoms with van der Waals surface area (Å²) in [7, 11) is 2.10. The Morgan fingerprint density at radius 2 is 2.23 bits per heavy atom. The molecule has 1 heterocycles. The van der Waals surface area contributed by atoms with Crippen LogP contribution in [0.1, 0.15) is 6.92 Å². The van der Waals surface area contributed by atoms with E-state index in [1.54, 1.807) is 0 Å². The highest BCUT2D eigenvalue weighted by molar-refractivity contribution is 9.10. The van der Waals surface area contributed by atoms with Gasteiger partial charge in [0.05, 0.1) is 10.7 Å². The van der Waals surface area contributed by atoms with E-state index in [4.69, 9.17) is 0 Å². The van der Waals surface area contributed by atoms with Crippen molar-refractivity contribution in [1.29, 1.82) is 0 Å². The fourth-order valence-electron chi connectivity index (χ4n) is 1.39. The van der Waals surface area contributed by atoms with Gasteiger partial charge in [0, 0.05) is 16.4 Å². The maximum Gasteiger partial charge on any atom is 0.0755 e. The van der Waals surface area contributed by atoms with Gasteiger partial charge in [-0.15, -0.1) is 0 Å². The van der Waals surface area contributed by atoms with E-state index in [-0.39, 0.29) is 0 Å². The van der Waals surface area contributed by atoms with Crippen molar-refractivity contribution < 1.29 is 0 Å². The van der Waals surface area contributed by atoms with Gasteiger partial charge in [0.2, 0.25) is 0 Å². The summed E-state index contributed by atoms with van der Waals surface area (Å²) >= 11 is 5.30. The van der Waals surface area contributed by atoms with Crippen LogP contribution in [-0.2, 0) is 0 Å². The number of anilines is 1. The summed E-state index contributed by atoms with van der Waals surface area (Å²) in [6.45, 7) is 2.07. The van der Waals surface area contributed by atoms with Crippen LogP contribution in [-0.4, -0.2) is 7.05 Å². The summed E-state index contributed by atoms with van der Waals surface area (Å²) in [5.74, 6) is 0. The Kier molecular flexibility index (Phi) is 2.39. The summed E-state index contributed by atoms with van der Waals surface area (Å²) in [5.41, 5.74) is 1.28. The summed E-state index contributed by atoms with van der Waals surface area (Å²) in [5, 5.41) is 1.30. The zero-order valence-electron chi connectivity index (χ0n) is 7.54. The number of fused-ring (bicyclic) bond motifs is 1. The molecule has 0 aromatic heterocycles. The molecule has 0 radical (unpaired) electrons. The first kappa shape index (κ1) is 9.16. The molecule has 0 aliphatic carbocycles. The first-order valence-corrected chi connectivity index (χ1v) is 5.71. The van der Waals surface area contributed by atoms with Gasteiger partial charge >= 0.3 is 0 Å². The molecule has 0 unspecified atom stereocenters. The van der Waals surface area contributed by atoms with E-state index in [0.717, 1.165) is 4.47 Å². The quantitative estimate of drug-likeness (QED) is 0.693. The lowest BCUT2D eigenvalue weighted by atomic mass is 10.3. The average Bonchev–Trinajstić information content (AvgIpc) is 2.44. The predicted octanol–water partition coefficient (Wildman–Crippen LogP) is 3.85. The number of hydrogen-bond acceptors (Lipinski definition) is 2. The average molecular weight is 256 g/mol. The second kappa shape index (κ2) is 3.39. The van der Waals surface area contributed by atoms with Crippen LogP contribution in [0.15, 0.2) is 38.7 Å². The minimum atomic E-state index is 1.14. The van der Waals surface area contributed by atoms with Crippen LogP contribution < -0.4 is 4.90 Å². The van der Waals surface area contributed by atoms with Gasteiger partial charge in [-0.1, -0.05) is 33.8 Å². The minimum Gasteiger partial charge on any atom is -0.338 e. The Morgan fingerprint density at radius 3 is 2.92 bits per heavy atom. The Bertz CT molecular complexity index is 373. The van der Waals surface area contributed by atoms with E-state index in [2.05, 4.69) is 59.1 Å². The molecule has 0 saturated heterocycles. The number of halogens is 1. The highest BCUT2D eigenvalue weighted by Gasteiger charge is 2.20. The largest absolute Gasteiger partial charge is 0.338 e. The molecule has 0 amide bonds. The van der Waals surface area contributed by atoms with Crippen LogP contribution in [0.2, 0.25) is 0 Å². The molecule has 1 aliphatic heterocycles. The number of benzene rings is 1. The third-order valence-corrected chi connectivity index (χ3v) is 3.85. The molecule has 0 fully saturated rings. The molecule has 68 valence electrons. The van der Waals surface area contributed by atoms with Crippen LogP contribution in [0.25, 0.3) is 0 Å². The highest BCUT2D eigenvalue weighted by Crippen LogP contribution is 2.45. The number of allylic oxidation sites excluding steroid dienone is 1. The van der Waals surface area contributed by atoms with Gasteiger partial charge in [0.1, 0.15) is 0 Å².